The van der Waals surface area contributed by atoms with Gasteiger partial charge in [-0.05, 0) is 31.0 Å². The Morgan fingerprint density at radius 3 is 2.45 bits per heavy atom. The van der Waals surface area contributed by atoms with Crippen LogP contribution in [0.2, 0.25) is 10.0 Å². The molecule has 0 spiro atoms. The second-order valence-corrected chi connectivity index (χ2v) is 5.65. The number of hydrogen-bond donors (Lipinski definition) is 1. The van der Waals surface area contributed by atoms with Crippen molar-refractivity contribution in [3.05, 3.63) is 33.8 Å². The number of benzene rings is 1. The molecule has 0 bridgehead atoms. The standard InChI is InChI=1S/C14H17Cl2NO3/c1-8(2)7-17-13(18)9(3)20-14(19)11-5-4-10(15)6-12(11)16/h4-6,8-9H,7H2,1-3H3,(H,17,18)/t9-/m0/s1. The normalized spacial score (nSPS) is 12.1. The zero-order chi connectivity index (χ0) is 15.3. The first kappa shape index (κ1) is 16.8. The highest BCUT2D eigenvalue weighted by atomic mass is 35.5. The Labute approximate surface area is 128 Å². The van der Waals surface area contributed by atoms with Gasteiger partial charge in [-0.3, -0.25) is 4.79 Å². The SMILES string of the molecule is CC(C)CNC(=O)[C@H](C)OC(=O)c1ccc(Cl)cc1Cl. The molecular weight excluding hydrogens is 301 g/mol. The third-order valence-electron chi connectivity index (χ3n) is 2.49. The van der Waals surface area contributed by atoms with E-state index in [2.05, 4.69) is 5.32 Å². The average Bonchev–Trinajstić information content (AvgIpc) is 2.35. The molecule has 1 amide bonds. The van der Waals surface area contributed by atoms with Gasteiger partial charge in [-0.2, -0.15) is 0 Å². The van der Waals surface area contributed by atoms with Crippen LogP contribution in [0.5, 0.6) is 0 Å². The third kappa shape index (κ3) is 5.02. The summed E-state index contributed by atoms with van der Waals surface area (Å²) in [5.41, 5.74) is 0.180. The maximum absolute atomic E-state index is 11.9. The van der Waals surface area contributed by atoms with Crippen LogP contribution in [-0.4, -0.2) is 24.5 Å². The summed E-state index contributed by atoms with van der Waals surface area (Å²) in [7, 11) is 0. The van der Waals surface area contributed by atoms with E-state index < -0.39 is 12.1 Å². The topological polar surface area (TPSA) is 55.4 Å². The van der Waals surface area contributed by atoms with Crippen molar-refractivity contribution in [2.24, 2.45) is 5.92 Å². The fraction of sp³-hybridized carbons (Fsp3) is 0.429. The van der Waals surface area contributed by atoms with Crippen LogP contribution in [0, 0.1) is 5.92 Å². The predicted octanol–water partition coefficient (Wildman–Crippen LogP) is 3.31. The van der Waals surface area contributed by atoms with E-state index in [0.29, 0.717) is 17.5 Å². The first-order valence-electron chi connectivity index (χ1n) is 6.25. The smallest absolute Gasteiger partial charge is 0.340 e. The number of carbonyl (C=O) groups excluding carboxylic acids is 2. The van der Waals surface area contributed by atoms with Gasteiger partial charge in [-0.1, -0.05) is 37.0 Å². The Balaban J connectivity index is 2.63. The summed E-state index contributed by atoms with van der Waals surface area (Å²) in [6.45, 7) is 5.99. The van der Waals surface area contributed by atoms with Gasteiger partial charge in [0, 0.05) is 11.6 Å². The molecule has 0 unspecified atom stereocenters. The number of ether oxygens (including phenoxy) is 1. The van der Waals surface area contributed by atoms with E-state index in [1.165, 1.54) is 25.1 Å². The minimum absolute atomic E-state index is 0.180. The zero-order valence-electron chi connectivity index (χ0n) is 11.6. The molecule has 0 aliphatic rings. The second-order valence-electron chi connectivity index (χ2n) is 4.81. The van der Waals surface area contributed by atoms with Crippen LogP contribution in [0.15, 0.2) is 18.2 Å². The van der Waals surface area contributed by atoms with E-state index in [4.69, 9.17) is 27.9 Å². The molecule has 20 heavy (non-hydrogen) atoms. The lowest BCUT2D eigenvalue weighted by Crippen LogP contribution is -2.37. The zero-order valence-corrected chi connectivity index (χ0v) is 13.1. The number of carbonyl (C=O) groups is 2. The minimum atomic E-state index is -0.881. The molecule has 1 aromatic rings. The largest absolute Gasteiger partial charge is 0.449 e. The van der Waals surface area contributed by atoms with Gasteiger partial charge in [0.2, 0.25) is 0 Å². The molecule has 0 saturated heterocycles. The predicted molar refractivity (Wildman–Crippen MR) is 79.2 cm³/mol. The van der Waals surface area contributed by atoms with E-state index in [1.54, 1.807) is 0 Å². The van der Waals surface area contributed by atoms with Crippen LogP contribution in [0.3, 0.4) is 0 Å². The van der Waals surface area contributed by atoms with Crippen LogP contribution >= 0.6 is 23.2 Å². The number of rotatable bonds is 5. The molecule has 0 heterocycles. The van der Waals surface area contributed by atoms with E-state index in [9.17, 15) is 9.59 Å². The van der Waals surface area contributed by atoms with Crippen molar-refractivity contribution in [3.63, 3.8) is 0 Å². The summed E-state index contributed by atoms with van der Waals surface area (Å²) >= 11 is 11.7. The van der Waals surface area contributed by atoms with Crippen LogP contribution in [-0.2, 0) is 9.53 Å². The average molecular weight is 318 g/mol. The summed E-state index contributed by atoms with van der Waals surface area (Å²) in [6.07, 6.45) is -0.881. The highest BCUT2D eigenvalue weighted by molar-refractivity contribution is 6.36. The molecule has 0 aliphatic heterocycles. The third-order valence-corrected chi connectivity index (χ3v) is 3.04. The van der Waals surface area contributed by atoms with Crippen molar-refractivity contribution < 1.29 is 14.3 Å². The van der Waals surface area contributed by atoms with Crippen LogP contribution in [0.1, 0.15) is 31.1 Å². The first-order valence-corrected chi connectivity index (χ1v) is 7.00. The molecule has 0 aromatic heterocycles. The van der Waals surface area contributed by atoms with E-state index in [-0.39, 0.29) is 16.5 Å². The fourth-order valence-electron chi connectivity index (χ4n) is 1.38. The van der Waals surface area contributed by atoms with Crippen molar-refractivity contribution in [1.82, 2.24) is 5.32 Å². The van der Waals surface area contributed by atoms with Crippen LogP contribution < -0.4 is 5.32 Å². The molecule has 0 aliphatic carbocycles. The molecule has 1 rings (SSSR count). The number of amides is 1. The highest BCUT2D eigenvalue weighted by Gasteiger charge is 2.20. The molecule has 0 radical (unpaired) electrons. The van der Waals surface area contributed by atoms with Gasteiger partial charge < -0.3 is 10.1 Å². The molecule has 0 fully saturated rings. The summed E-state index contributed by atoms with van der Waals surface area (Å²) in [4.78, 5) is 23.6. The van der Waals surface area contributed by atoms with Crippen LogP contribution in [0.25, 0.3) is 0 Å². The maximum atomic E-state index is 11.9. The van der Waals surface area contributed by atoms with E-state index in [1.807, 2.05) is 13.8 Å². The maximum Gasteiger partial charge on any atom is 0.340 e. The first-order chi connectivity index (χ1) is 9.31. The van der Waals surface area contributed by atoms with Gasteiger partial charge in [0.05, 0.1) is 10.6 Å². The Morgan fingerprint density at radius 2 is 1.90 bits per heavy atom. The van der Waals surface area contributed by atoms with Gasteiger partial charge in [0.1, 0.15) is 0 Å². The summed E-state index contributed by atoms with van der Waals surface area (Å²) in [6, 6.07) is 4.45. The molecule has 1 atom stereocenters. The van der Waals surface area contributed by atoms with Gasteiger partial charge in [0.15, 0.2) is 6.10 Å². The van der Waals surface area contributed by atoms with Gasteiger partial charge >= 0.3 is 5.97 Å². The Bertz CT molecular complexity index is 503. The van der Waals surface area contributed by atoms with Crippen molar-refractivity contribution in [3.8, 4) is 0 Å². The number of esters is 1. The molecule has 4 nitrogen and oxygen atoms in total. The Kier molecular flexibility index (Phi) is 6.30. The molecule has 6 heteroatoms. The summed E-state index contributed by atoms with van der Waals surface area (Å²) in [5, 5.41) is 3.31. The van der Waals surface area contributed by atoms with Crippen LogP contribution in [0.4, 0.5) is 0 Å². The highest BCUT2D eigenvalue weighted by Crippen LogP contribution is 2.22. The fourth-order valence-corrected chi connectivity index (χ4v) is 1.87. The van der Waals surface area contributed by atoms with Gasteiger partial charge in [0.25, 0.3) is 5.91 Å². The molecule has 0 saturated carbocycles. The lowest BCUT2D eigenvalue weighted by Gasteiger charge is -2.15. The lowest BCUT2D eigenvalue weighted by atomic mass is 10.2. The van der Waals surface area contributed by atoms with Crippen molar-refractivity contribution in [2.75, 3.05) is 6.54 Å². The quantitative estimate of drug-likeness (QED) is 0.848. The number of nitrogens with one attached hydrogen (secondary N) is 1. The summed E-state index contributed by atoms with van der Waals surface area (Å²) in [5.74, 6) is -0.663. The van der Waals surface area contributed by atoms with Crippen molar-refractivity contribution in [2.45, 2.75) is 26.9 Å². The van der Waals surface area contributed by atoms with Crippen molar-refractivity contribution >= 4 is 35.1 Å². The lowest BCUT2D eigenvalue weighted by molar-refractivity contribution is -0.129. The Morgan fingerprint density at radius 1 is 1.25 bits per heavy atom. The minimum Gasteiger partial charge on any atom is -0.449 e. The van der Waals surface area contributed by atoms with E-state index in [0.717, 1.165) is 0 Å². The van der Waals surface area contributed by atoms with E-state index >= 15 is 0 Å². The van der Waals surface area contributed by atoms with Gasteiger partial charge in [-0.25, -0.2) is 4.79 Å². The molecule has 110 valence electrons. The van der Waals surface area contributed by atoms with Gasteiger partial charge in [-0.15, -0.1) is 0 Å². The number of hydrogen-bond acceptors (Lipinski definition) is 3. The molecule has 1 aromatic carbocycles. The monoisotopic (exact) mass is 317 g/mol. The Hall–Kier alpha value is -1.26. The van der Waals surface area contributed by atoms with Crippen molar-refractivity contribution in [1.29, 1.82) is 0 Å². The number of halogens is 2. The molecule has 1 N–H and O–H groups in total. The molecular formula is C14H17Cl2NO3. The summed E-state index contributed by atoms with van der Waals surface area (Å²) < 4.78 is 5.07. The second kappa shape index (κ2) is 7.50.